The monoisotopic (exact) mass is 264 g/mol. The highest BCUT2D eigenvalue weighted by atomic mass is 16.5. The van der Waals surface area contributed by atoms with Gasteiger partial charge in [0, 0.05) is 19.7 Å². The van der Waals surface area contributed by atoms with Crippen LogP contribution in [-0.2, 0) is 4.79 Å². The zero-order valence-electron chi connectivity index (χ0n) is 11.1. The minimum absolute atomic E-state index is 0.0297. The molecule has 0 saturated carbocycles. The van der Waals surface area contributed by atoms with Gasteiger partial charge in [0.05, 0.1) is 12.2 Å². The lowest BCUT2D eigenvalue weighted by molar-refractivity contribution is -0.138. The highest BCUT2D eigenvalue weighted by Gasteiger charge is 2.28. The van der Waals surface area contributed by atoms with Crippen molar-refractivity contribution in [2.24, 2.45) is 0 Å². The predicted octanol–water partition coefficient (Wildman–Crippen LogP) is 1.09. The number of hydrogen-bond donors (Lipinski definition) is 2. The van der Waals surface area contributed by atoms with E-state index in [4.69, 9.17) is 9.84 Å². The minimum atomic E-state index is -0.492. The second-order valence-corrected chi connectivity index (χ2v) is 4.48. The zero-order valence-corrected chi connectivity index (χ0v) is 11.1. The number of carbonyl (C=O) groups excluding carboxylic acids is 1. The summed E-state index contributed by atoms with van der Waals surface area (Å²) in [5, 5.41) is 12.1. The second-order valence-electron chi connectivity index (χ2n) is 4.48. The Kier molecular flexibility index (Phi) is 4.63. The fourth-order valence-electron chi connectivity index (χ4n) is 2.14. The Morgan fingerprint density at radius 1 is 1.53 bits per heavy atom. The van der Waals surface area contributed by atoms with Crippen LogP contribution in [0, 0.1) is 0 Å². The third-order valence-electron chi connectivity index (χ3n) is 3.19. The fourth-order valence-corrected chi connectivity index (χ4v) is 2.14. The topological polar surface area (TPSA) is 61.8 Å². The third kappa shape index (κ3) is 3.17. The van der Waals surface area contributed by atoms with E-state index in [0.29, 0.717) is 31.8 Å². The number of para-hydroxylation sites is 2. The molecule has 1 atom stereocenters. The number of rotatable bonds is 5. The number of hydrogen-bond acceptors (Lipinski definition) is 4. The number of likely N-dealkylation sites (N-methyl/N-ethyl adjacent to an activating group) is 1. The first-order valence-corrected chi connectivity index (χ1v) is 6.65. The van der Waals surface area contributed by atoms with Crippen LogP contribution in [-0.4, -0.2) is 48.3 Å². The number of aliphatic hydroxyl groups is 1. The Bertz CT molecular complexity index is 436. The Morgan fingerprint density at radius 2 is 2.32 bits per heavy atom. The Balaban J connectivity index is 2.01. The van der Waals surface area contributed by atoms with Gasteiger partial charge >= 0.3 is 0 Å². The number of anilines is 1. The van der Waals surface area contributed by atoms with E-state index in [2.05, 4.69) is 5.32 Å². The predicted molar refractivity (Wildman–Crippen MR) is 73.3 cm³/mol. The van der Waals surface area contributed by atoms with Crippen LogP contribution in [0.2, 0.25) is 0 Å². The molecule has 0 aliphatic carbocycles. The number of carbonyl (C=O) groups is 1. The minimum Gasteiger partial charge on any atom is -0.477 e. The van der Waals surface area contributed by atoms with E-state index in [1.165, 1.54) is 0 Å². The summed E-state index contributed by atoms with van der Waals surface area (Å²) in [5.74, 6) is 0.684. The molecule has 2 N–H and O–H groups in total. The number of nitrogens with one attached hydrogen (secondary N) is 1. The molecule has 0 fully saturated rings. The summed E-state index contributed by atoms with van der Waals surface area (Å²) in [7, 11) is 0. The smallest absolute Gasteiger partial charge is 0.265 e. The molecular formula is C14H20N2O3. The van der Waals surface area contributed by atoms with Crippen molar-refractivity contribution in [2.45, 2.75) is 19.4 Å². The van der Waals surface area contributed by atoms with E-state index in [1.807, 2.05) is 31.2 Å². The van der Waals surface area contributed by atoms with Gasteiger partial charge < -0.3 is 20.1 Å². The van der Waals surface area contributed by atoms with Gasteiger partial charge in [0.1, 0.15) is 5.75 Å². The summed E-state index contributed by atoms with van der Waals surface area (Å²) in [5.41, 5.74) is 0.921. The van der Waals surface area contributed by atoms with Crippen molar-refractivity contribution in [1.29, 1.82) is 0 Å². The molecule has 0 radical (unpaired) electrons. The summed E-state index contributed by atoms with van der Waals surface area (Å²) < 4.78 is 5.74. The number of ether oxygens (including phenoxy) is 1. The van der Waals surface area contributed by atoms with Crippen molar-refractivity contribution in [1.82, 2.24) is 4.90 Å². The maximum atomic E-state index is 12.3. The summed E-state index contributed by atoms with van der Waals surface area (Å²) >= 11 is 0. The molecule has 104 valence electrons. The molecule has 1 aliphatic rings. The molecule has 0 saturated heterocycles. The fraction of sp³-hybridized carbons (Fsp3) is 0.500. The standard InChI is InChI=1S/C14H20N2O3/c1-2-16(8-5-9-17)14(18)13-10-15-11-6-3-4-7-12(11)19-13/h3-4,6-7,13,15,17H,2,5,8-10H2,1H3. The summed E-state index contributed by atoms with van der Waals surface area (Å²) in [6, 6.07) is 7.60. The number of aliphatic hydroxyl groups excluding tert-OH is 1. The van der Waals surface area contributed by atoms with Crippen molar-refractivity contribution in [3.8, 4) is 5.75 Å². The van der Waals surface area contributed by atoms with Gasteiger partial charge in [-0.25, -0.2) is 0 Å². The molecule has 1 aromatic rings. The van der Waals surface area contributed by atoms with Crippen LogP contribution in [0.1, 0.15) is 13.3 Å². The van der Waals surface area contributed by atoms with Crippen LogP contribution >= 0.6 is 0 Å². The summed E-state index contributed by atoms with van der Waals surface area (Å²) in [6.45, 7) is 3.69. The highest BCUT2D eigenvalue weighted by molar-refractivity contribution is 5.83. The van der Waals surface area contributed by atoms with E-state index in [1.54, 1.807) is 4.90 Å². The molecule has 5 heteroatoms. The van der Waals surface area contributed by atoms with Gasteiger partial charge in [0.25, 0.3) is 5.91 Å². The lowest BCUT2D eigenvalue weighted by atomic mass is 10.2. The Hall–Kier alpha value is -1.75. The van der Waals surface area contributed by atoms with Crippen molar-refractivity contribution in [3.63, 3.8) is 0 Å². The van der Waals surface area contributed by atoms with Gasteiger partial charge in [-0.1, -0.05) is 12.1 Å². The zero-order chi connectivity index (χ0) is 13.7. The van der Waals surface area contributed by atoms with E-state index >= 15 is 0 Å². The van der Waals surface area contributed by atoms with Crippen LogP contribution in [0.4, 0.5) is 5.69 Å². The summed E-state index contributed by atoms with van der Waals surface area (Å²) in [6.07, 6.45) is 0.101. The molecule has 1 aliphatic heterocycles. The van der Waals surface area contributed by atoms with Crippen molar-refractivity contribution >= 4 is 11.6 Å². The first-order chi connectivity index (χ1) is 9.26. The highest BCUT2D eigenvalue weighted by Crippen LogP contribution is 2.28. The normalized spacial score (nSPS) is 17.1. The molecule has 0 spiro atoms. The average molecular weight is 264 g/mol. The number of nitrogens with zero attached hydrogens (tertiary/aromatic N) is 1. The third-order valence-corrected chi connectivity index (χ3v) is 3.19. The van der Waals surface area contributed by atoms with Crippen LogP contribution in [0.25, 0.3) is 0 Å². The van der Waals surface area contributed by atoms with Gasteiger partial charge in [-0.3, -0.25) is 4.79 Å². The molecule has 19 heavy (non-hydrogen) atoms. The quantitative estimate of drug-likeness (QED) is 0.835. The molecule has 1 heterocycles. The molecule has 2 rings (SSSR count). The van der Waals surface area contributed by atoms with Gasteiger partial charge in [-0.15, -0.1) is 0 Å². The maximum absolute atomic E-state index is 12.3. The van der Waals surface area contributed by atoms with E-state index < -0.39 is 6.10 Å². The molecule has 0 aromatic heterocycles. The Morgan fingerprint density at radius 3 is 3.05 bits per heavy atom. The van der Waals surface area contributed by atoms with Crippen LogP contribution in [0.15, 0.2) is 24.3 Å². The number of fused-ring (bicyclic) bond motifs is 1. The van der Waals surface area contributed by atoms with Crippen LogP contribution in [0.3, 0.4) is 0 Å². The van der Waals surface area contributed by atoms with Gasteiger partial charge in [-0.05, 0) is 25.5 Å². The number of amides is 1. The van der Waals surface area contributed by atoms with E-state index in [0.717, 1.165) is 5.69 Å². The second kappa shape index (κ2) is 6.43. The molecule has 1 unspecified atom stereocenters. The molecular weight excluding hydrogens is 244 g/mol. The molecule has 1 aromatic carbocycles. The maximum Gasteiger partial charge on any atom is 0.265 e. The molecule has 0 bridgehead atoms. The molecule has 1 amide bonds. The van der Waals surface area contributed by atoms with Gasteiger partial charge in [0.15, 0.2) is 6.10 Å². The van der Waals surface area contributed by atoms with Gasteiger partial charge in [0.2, 0.25) is 0 Å². The lowest BCUT2D eigenvalue weighted by Crippen LogP contribution is -2.47. The first-order valence-electron chi connectivity index (χ1n) is 6.65. The van der Waals surface area contributed by atoms with Crippen LogP contribution < -0.4 is 10.1 Å². The van der Waals surface area contributed by atoms with Crippen molar-refractivity contribution < 1.29 is 14.6 Å². The van der Waals surface area contributed by atoms with E-state index in [9.17, 15) is 4.79 Å². The lowest BCUT2D eigenvalue weighted by Gasteiger charge is -2.30. The largest absolute Gasteiger partial charge is 0.477 e. The Labute approximate surface area is 113 Å². The average Bonchev–Trinajstić information content (AvgIpc) is 2.47. The number of benzene rings is 1. The summed E-state index contributed by atoms with van der Waals surface area (Å²) in [4.78, 5) is 14.0. The SMILES string of the molecule is CCN(CCCO)C(=O)C1CNc2ccccc2O1. The van der Waals surface area contributed by atoms with Crippen molar-refractivity contribution in [2.75, 3.05) is 31.6 Å². The van der Waals surface area contributed by atoms with E-state index in [-0.39, 0.29) is 12.5 Å². The van der Waals surface area contributed by atoms with Gasteiger partial charge in [-0.2, -0.15) is 0 Å². The first kappa shape index (κ1) is 13.7. The van der Waals surface area contributed by atoms with Crippen molar-refractivity contribution in [3.05, 3.63) is 24.3 Å². The van der Waals surface area contributed by atoms with Crippen LogP contribution in [0.5, 0.6) is 5.75 Å². The molecule has 5 nitrogen and oxygen atoms in total.